The average molecular weight is 410 g/mol. The van der Waals surface area contributed by atoms with Crippen molar-refractivity contribution < 1.29 is 4.42 Å². The van der Waals surface area contributed by atoms with Gasteiger partial charge < -0.3 is 19.5 Å². The van der Waals surface area contributed by atoms with Crippen molar-refractivity contribution in [3.63, 3.8) is 0 Å². The van der Waals surface area contributed by atoms with E-state index < -0.39 is 0 Å². The molecular formula is C24H35N5O. The minimum absolute atomic E-state index is 0.651. The lowest BCUT2D eigenvalue weighted by Crippen LogP contribution is -2.41. The molecule has 1 aliphatic heterocycles. The number of aromatic nitrogens is 1. The predicted molar refractivity (Wildman–Crippen MR) is 124 cm³/mol. The minimum Gasteiger partial charge on any atom is -0.469 e. The summed E-state index contributed by atoms with van der Waals surface area (Å²) in [6.07, 6.45) is 9.98. The third-order valence-electron chi connectivity index (χ3n) is 5.61. The van der Waals surface area contributed by atoms with Gasteiger partial charge in [-0.05, 0) is 56.4 Å². The SMILES string of the molecule is C=C(C)CN=C(NCCc1ccco1)N(C)CCC1CCN(c2ccncc2)CC1. The molecule has 2 aromatic rings. The quantitative estimate of drug-likeness (QED) is 0.386. The van der Waals surface area contributed by atoms with Crippen LogP contribution in [0.25, 0.3) is 0 Å². The molecule has 3 heterocycles. The number of nitrogens with zero attached hydrogens (tertiary/aromatic N) is 4. The zero-order valence-corrected chi connectivity index (χ0v) is 18.4. The molecule has 0 bridgehead atoms. The maximum Gasteiger partial charge on any atom is 0.193 e. The molecule has 6 nitrogen and oxygen atoms in total. The fourth-order valence-corrected chi connectivity index (χ4v) is 3.79. The second-order valence-corrected chi connectivity index (χ2v) is 8.20. The topological polar surface area (TPSA) is 56.9 Å². The van der Waals surface area contributed by atoms with Crippen molar-refractivity contribution in [3.05, 3.63) is 60.8 Å². The van der Waals surface area contributed by atoms with Gasteiger partial charge in [-0.3, -0.25) is 4.98 Å². The molecule has 162 valence electrons. The summed E-state index contributed by atoms with van der Waals surface area (Å²) < 4.78 is 5.43. The molecule has 1 fully saturated rings. The average Bonchev–Trinajstić information content (AvgIpc) is 3.29. The highest BCUT2D eigenvalue weighted by molar-refractivity contribution is 5.79. The third-order valence-corrected chi connectivity index (χ3v) is 5.61. The van der Waals surface area contributed by atoms with E-state index in [0.717, 1.165) is 55.8 Å². The van der Waals surface area contributed by atoms with Crippen LogP contribution in [0.15, 0.2) is 64.5 Å². The number of piperidine rings is 1. The Kier molecular flexibility index (Phi) is 8.36. The van der Waals surface area contributed by atoms with Crippen molar-refractivity contribution in [2.75, 3.05) is 44.7 Å². The predicted octanol–water partition coefficient (Wildman–Crippen LogP) is 3.98. The molecule has 0 aromatic carbocycles. The van der Waals surface area contributed by atoms with Crippen molar-refractivity contribution in [2.24, 2.45) is 10.9 Å². The van der Waals surface area contributed by atoms with E-state index in [0.29, 0.717) is 6.54 Å². The highest BCUT2D eigenvalue weighted by atomic mass is 16.3. The lowest BCUT2D eigenvalue weighted by atomic mass is 9.93. The first-order valence-corrected chi connectivity index (χ1v) is 10.9. The molecule has 3 rings (SSSR count). The molecule has 0 aliphatic carbocycles. The minimum atomic E-state index is 0.651. The van der Waals surface area contributed by atoms with Crippen molar-refractivity contribution in [1.29, 1.82) is 0 Å². The van der Waals surface area contributed by atoms with Gasteiger partial charge in [-0.25, -0.2) is 4.99 Å². The van der Waals surface area contributed by atoms with Crippen LogP contribution in [0.1, 0.15) is 31.9 Å². The Balaban J connectivity index is 1.44. The van der Waals surface area contributed by atoms with E-state index in [1.54, 1.807) is 6.26 Å². The van der Waals surface area contributed by atoms with Crippen LogP contribution in [0.2, 0.25) is 0 Å². The highest BCUT2D eigenvalue weighted by Crippen LogP contribution is 2.24. The highest BCUT2D eigenvalue weighted by Gasteiger charge is 2.20. The molecule has 0 radical (unpaired) electrons. The second kappa shape index (κ2) is 11.4. The summed E-state index contributed by atoms with van der Waals surface area (Å²) in [5.74, 6) is 2.69. The zero-order chi connectivity index (χ0) is 21.2. The van der Waals surface area contributed by atoms with Gasteiger partial charge in [0.2, 0.25) is 0 Å². The maximum absolute atomic E-state index is 5.43. The zero-order valence-electron chi connectivity index (χ0n) is 18.4. The van der Waals surface area contributed by atoms with Gasteiger partial charge in [-0.2, -0.15) is 0 Å². The Bertz CT molecular complexity index is 779. The number of furan rings is 1. The number of hydrogen-bond donors (Lipinski definition) is 1. The number of aliphatic imine (C=N–C) groups is 1. The molecule has 0 atom stereocenters. The molecule has 1 N–H and O–H groups in total. The Morgan fingerprint density at radius 1 is 1.30 bits per heavy atom. The standard InChI is InChI=1S/C24H35N5O/c1-20(2)19-27-24(26-14-8-23-5-4-18-30-23)28(3)15-9-21-10-16-29(17-11-21)22-6-12-25-13-7-22/h4-7,12-13,18,21H,1,8-11,14-17,19H2,2-3H3,(H,26,27). The van der Waals surface area contributed by atoms with Crippen LogP contribution >= 0.6 is 0 Å². The second-order valence-electron chi connectivity index (χ2n) is 8.20. The monoisotopic (exact) mass is 409 g/mol. The summed E-state index contributed by atoms with van der Waals surface area (Å²) in [6.45, 7) is 10.7. The molecule has 0 amide bonds. The number of pyridine rings is 1. The van der Waals surface area contributed by atoms with Crippen LogP contribution in [-0.4, -0.2) is 55.6 Å². The largest absolute Gasteiger partial charge is 0.469 e. The number of hydrogen-bond acceptors (Lipinski definition) is 4. The number of guanidine groups is 1. The normalized spacial score (nSPS) is 15.3. The molecule has 0 unspecified atom stereocenters. The van der Waals surface area contributed by atoms with E-state index in [1.165, 1.54) is 24.9 Å². The first kappa shape index (κ1) is 21.9. The summed E-state index contributed by atoms with van der Waals surface area (Å²) in [4.78, 5) is 13.6. The van der Waals surface area contributed by atoms with Gasteiger partial charge in [0, 0.05) is 57.7 Å². The van der Waals surface area contributed by atoms with E-state index in [9.17, 15) is 0 Å². The summed E-state index contributed by atoms with van der Waals surface area (Å²) in [6, 6.07) is 8.14. The van der Waals surface area contributed by atoms with Gasteiger partial charge in [-0.15, -0.1) is 0 Å². The van der Waals surface area contributed by atoms with Gasteiger partial charge in [0.25, 0.3) is 0 Å². The third kappa shape index (κ3) is 6.94. The Morgan fingerprint density at radius 2 is 2.07 bits per heavy atom. The van der Waals surface area contributed by atoms with Crippen molar-refractivity contribution in [2.45, 2.75) is 32.6 Å². The summed E-state index contributed by atoms with van der Waals surface area (Å²) in [7, 11) is 2.13. The molecule has 0 saturated carbocycles. The van der Waals surface area contributed by atoms with Crippen LogP contribution in [0.5, 0.6) is 0 Å². The fourth-order valence-electron chi connectivity index (χ4n) is 3.79. The molecule has 6 heteroatoms. The first-order chi connectivity index (χ1) is 14.6. The molecule has 2 aromatic heterocycles. The number of nitrogens with one attached hydrogen (secondary N) is 1. The smallest absolute Gasteiger partial charge is 0.193 e. The maximum atomic E-state index is 5.43. The van der Waals surface area contributed by atoms with Crippen molar-refractivity contribution in [3.8, 4) is 0 Å². The van der Waals surface area contributed by atoms with Gasteiger partial charge in [0.1, 0.15) is 5.76 Å². The molecule has 30 heavy (non-hydrogen) atoms. The van der Waals surface area contributed by atoms with Gasteiger partial charge in [0.05, 0.1) is 12.8 Å². The van der Waals surface area contributed by atoms with Gasteiger partial charge in [-0.1, -0.05) is 12.2 Å². The molecule has 1 saturated heterocycles. The lowest BCUT2D eigenvalue weighted by molar-refractivity contribution is 0.338. The van der Waals surface area contributed by atoms with Crippen LogP contribution in [0.4, 0.5) is 5.69 Å². The van der Waals surface area contributed by atoms with E-state index in [4.69, 9.17) is 9.41 Å². The summed E-state index contributed by atoms with van der Waals surface area (Å²) in [5.41, 5.74) is 2.35. The number of rotatable bonds is 9. The lowest BCUT2D eigenvalue weighted by Gasteiger charge is -2.34. The van der Waals surface area contributed by atoms with Crippen LogP contribution < -0.4 is 10.2 Å². The Morgan fingerprint density at radius 3 is 2.73 bits per heavy atom. The number of anilines is 1. The molecule has 0 spiro atoms. The Hall–Kier alpha value is -2.76. The van der Waals surface area contributed by atoms with Gasteiger partial charge >= 0.3 is 0 Å². The van der Waals surface area contributed by atoms with Crippen LogP contribution in [0.3, 0.4) is 0 Å². The van der Waals surface area contributed by atoms with E-state index in [2.05, 4.69) is 45.9 Å². The van der Waals surface area contributed by atoms with Gasteiger partial charge in [0.15, 0.2) is 5.96 Å². The Labute approximate surface area is 180 Å². The van der Waals surface area contributed by atoms with Crippen molar-refractivity contribution >= 4 is 11.6 Å². The van der Waals surface area contributed by atoms with E-state index in [1.807, 2.05) is 31.5 Å². The summed E-state index contributed by atoms with van der Waals surface area (Å²) >= 11 is 0. The van der Waals surface area contributed by atoms with E-state index in [-0.39, 0.29) is 0 Å². The summed E-state index contributed by atoms with van der Waals surface area (Å²) in [5, 5.41) is 3.49. The first-order valence-electron chi connectivity index (χ1n) is 10.9. The molecular weight excluding hydrogens is 374 g/mol. The fraction of sp³-hybridized carbons (Fsp3) is 0.500. The van der Waals surface area contributed by atoms with Crippen LogP contribution in [0, 0.1) is 5.92 Å². The molecule has 1 aliphatic rings. The van der Waals surface area contributed by atoms with Crippen molar-refractivity contribution in [1.82, 2.24) is 15.2 Å². The van der Waals surface area contributed by atoms with E-state index >= 15 is 0 Å². The van der Waals surface area contributed by atoms with Crippen LogP contribution in [-0.2, 0) is 6.42 Å².